The lowest BCUT2D eigenvalue weighted by molar-refractivity contribution is 0.427. The molecule has 1 heterocycles. The molecule has 1 aromatic heterocycles. The lowest BCUT2D eigenvalue weighted by Gasteiger charge is -2.07. The third-order valence-corrected chi connectivity index (χ3v) is 3.08. The molecule has 7 heteroatoms. The number of halogens is 2. The Kier molecular flexibility index (Phi) is 3.54. The molecule has 0 aliphatic heterocycles. The molecule has 0 N–H and O–H groups in total. The van der Waals surface area contributed by atoms with Gasteiger partial charge in [0.15, 0.2) is 5.75 Å². The molecule has 2 aromatic carbocycles. The molecule has 3 rings (SSSR count). The second-order valence-corrected chi connectivity index (χ2v) is 4.73. The summed E-state index contributed by atoms with van der Waals surface area (Å²) >= 11 is 12.0. The molecule has 0 atom stereocenters. The predicted octanol–water partition coefficient (Wildman–Crippen LogP) is 3.76. The van der Waals surface area contributed by atoms with E-state index in [1.807, 2.05) is 30.3 Å². The Bertz CT molecular complexity index is 730. The van der Waals surface area contributed by atoms with Gasteiger partial charge in [0, 0.05) is 11.1 Å². The van der Waals surface area contributed by atoms with Crippen molar-refractivity contribution < 1.29 is 4.74 Å². The molecule has 20 heavy (non-hydrogen) atoms. The first-order chi connectivity index (χ1) is 9.74. The van der Waals surface area contributed by atoms with E-state index < -0.39 is 0 Å². The number of para-hydroxylation sites is 1. The summed E-state index contributed by atoms with van der Waals surface area (Å²) in [6, 6.07) is 14.5. The number of nitrogens with zero attached hydrogens (tertiary/aromatic N) is 4. The van der Waals surface area contributed by atoms with Crippen molar-refractivity contribution in [2.75, 3.05) is 0 Å². The molecular weight excluding hydrogens is 299 g/mol. The van der Waals surface area contributed by atoms with E-state index in [4.69, 9.17) is 27.9 Å². The standard InChI is InChI=1S/C13H8Cl2N4O/c14-9-6-7-11(15)12(8-9)20-13-16-17-18-19(13)10-4-2-1-3-5-10/h1-8H. The smallest absolute Gasteiger partial charge is 0.345 e. The van der Waals surface area contributed by atoms with Crippen LogP contribution in [0.15, 0.2) is 48.5 Å². The summed E-state index contributed by atoms with van der Waals surface area (Å²) in [5, 5.41) is 12.3. The quantitative estimate of drug-likeness (QED) is 0.739. The van der Waals surface area contributed by atoms with Crippen LogP contribution in [0.2, 0.25) is 10.0 Å². The minimum atomic E-state index is 0.209. The van der Waals surface area contributed by atoms with E-state index in [9.17, 15) is 0 Å². The molecule has 0 aliphatic rings. The van der Waals surface area contributed by atoms with Crippen LogP contribution in [-0.4, -0.2) is 20.2 Å². The zero-order chi connectivity index (χ0) is 13.9. The van der Waals surface area contributed by atoms with Gasteiger partial charge in [0.05, 0.1) is 10.7 Å². The number of benzene rings is 2. The van der Waals surface area contributed by atoms with Gasteiger partial charge in [0.2, 0.25) is 0 Å². The van der Waals surface area contributed by atoms with E-state index in [1.165, 1.54) is 4.68 Å². The average molecular weight is 307 g/mol. The van der Waals surface area contributed by atoms with Crippen LogP contribution in [0.5, 0.6) is 11.8 Å². The van der Waals surface area contributed by atoms with Gasteiger partial charge in [0.1, 0.15) is 0 Å². The van der Waals surface area contributed by atoms with E-state index >= 15 is 0 Å². The van der Waals surface area contributed by atoms with Crippen LogP contribution in [0.1, 0.15) is 0 Å². The average Bonchev–Trinajstić information content (AvgIpc) is 2.92. The van der Waals surface area contributed by atoms with Crippen LogP contribution in [0.25, 0.3) is 5.69 Å². The second-order valence-electron chi connectivity index (χ2n) is 3.89. The summed E-state index contributed by atoms with van der Waals surface area (Å²) in [5.41, 5.74) is 0.783. The number of aromatic nitrogens is 4. The normalized spacial score (nSPS) is 10.5. The topological polar surface area (TPSA) is 52.8 Å². The van der Waals surface area contributed by atoms with Gasteiger partial charge in [-0.1, -0.05) is 46.5 Å². The van der Waals surface area contributed by atoms with Crippen molar-refractivity contribution in [3.63, 3.8) is 0 Å². The Labute approximate surface area is 124 Å². The largest absolute Gasteiger partial charge is 0.421 e. The summed E-state index contributed by atoms with van der Waals surface area (Å²) in [5.74, 6) is 0.395. The highest BCUT2D eigenvalue weighted by Crippen LogP contribution is 2.31. The molecule has 0 unspecified atom stereocenters. The fourth-order valence-corrected chi connectivity index (χ4v) is 1.95. The molecule has 0 radical (unpaired) electrons. The maximum Gasteiger partial charge on any atom is 0.345 e. The van der Waals surface area contributed by atoms with E-state index in [2.05, 4.69) is 15.5 Å². The Balaban J connectivity index is 1.97. The molecule has 0 saturated carbocycles. The Hall–Kier alpha value is -2.11. The molecule has 0 amide bonds. The zero-order valence-electron chi connectivity index (χ0n) is 10.1. The predicted molar refractivity (Wildman–Crippen MR) is 75.7 cm³/mol. The van der Waals surface area contributed by atoms with Gasteiger partial charge in [-0.05, 0) is 34.7 Å². The van der Waals surface area contributed by atoms with Crippen LogP contribution < -0.4 is 4.74 Å². The SMILES string of the molecule is Clc1ccc(Cl)c(Oc2nnnn2-c2ccccc2)c1. The fourth-order valence-electron chi connectivity index (χ4n) is 1.63. The first-order valence-electron chi connectivity index (χ1n) is 5.71. The highest BCUT2D eigenvalue weighted by atomic mass is 35.5. The van der Waals surface area contributed by atoms with Crippen molar-refractivity contribution in [3.8, 4) is 17.4 Å². The van der Waals surface area contributed by atoms with Crippen LogP contribution in [-0.2, 0) is 0 Å². The minimum Gasteiger partial charge on any atom is -0.421 e. The van der Waals surface area contributed by atoms with Gasteiger partial charge in [-0.2, -0.15) is 4.68 Å². The molecule has 100 valence electrons. The van der Waals surface area contributed by atoms with E-state index in [1.54, 1.807) is 18.2 Å². The van der Waals surface area contributed by atoms with Crippen molar-refractivity contribution in [2.45, 2.75) is 0 Å². The van der Waals surface area contributed by atoms with Crippen LogP contribution >= 0.6 is 23.2 Å². The van der Waals surface area contributed by atoms with Gasteiger partial charge in [-0.3, -0.25) is 0 Å². The first-order valence-corrected chi connectivity index (χ1v) is 6.46. The van der Waals surface area contributed by atoms with Crippen molar-refractivity contribution in [1.82, 2.24) is 20.2 Å². The molecule has 0 bridgehead atoms. The lowest BCUT2D eigenvalue weighted by atomic mass is 10.3. The maximum atomic E-state index is 6.05. The van der Waals surface area contributed by atoms with Crippen molar-refractivity contribution in [2.24, 2.45) is 0 Å². The van der Waals surface area contributed by atoms with E-state index in [0.29, 0.717) is 15.8 Å². The number of tetrazole rings is 1. The molecule has 0 fully saturated rings. The van der Waals surface area contributed by atoms with Crippen molar-refractivity contribution >= 4 is 23.2 Å². The van der Waals surface area contributed by atoms with Gasteiger partial charge in [-0.15, -0.1) is 0 Å². The summed E-state index contributed by atoms with van der Waals surface area (Å²) in [6.07, 6.45) is 0. The third-order valence-electron chi connectivity index (χ3n) is 2.54. The highest BCUT2D eigenvalue weighted by molar-refractivity contribution is 6.34. The van der Waals surface area contributed by atoms with Crippen molar-refractivity contribution in [1.29, 1.82) is 0 Å². The van der Waals surface area contributed by atoms with Gasteiger partial charge < -0.3 is 4.74 Å². The fraction of sp³-hybridized carbons (Fsp3) is 0. The molecule has 0 spiro atoms. The van der Waals surface area contributed by atoms with Crippen molar-refractivity contribution in [3.05, 3.63) is 58.6 Å². The number of hydrogen-bond acceptors (Lipinski definition) is 4. The van der Waals surface area contributed by atoms with Gasteiger partial charge in [0.25, 0.3) is 0 Å². The molecular formula is C13H8Cl2N4O. The first kappa shape index (κ1) is 12.9. The summed E-state index contributed by atoms with van der Waals surface area (Å²) in [6.45, 7) is 0. The Morgan fingerprint density at radius 2 is 1.80 bits per heavy atom. The van der Waals surface area contributed by atoms with Crippen LogP contribution in [0, 0.1) is 0 Å². The zero-order valence-corrected chi connectivity index (χ0v) is 11.6. The summed E-state index contributed by atoms with van der Waals surface area (Å²) < 4.78 is 7.10. The van der Waals surface area contributed by atoms with E-state index in [-0.39, 0.29) is 6.01 Å². The summed E-state index contributed by atoms with van der Waals surface area (Å²) in [7, 11) is 0. The molecule has 0 aliphatic carbocycles. The second kappa shape index (κ2) is 5.48. The third kappa shape index (κ3) is 2.59. The number of hydrogen-bond donors (Lipinski definition) is 0. The monoisotopic (exact) mass is 306 g/mol. The number of rotatable bonds is 3. The Morgan fingerprint density at radius 1 is 1.00 bits per heavy atom. The number of ether oxygens (including phenoxy) is 1. The van der Waals surface area contributed by atoms with Crippen LogP contribution in [0.3, 0.4) is 0 Å². The highest BCUT2D eigenvalue weighted by Gasteiger charge is 2.12. The van der Waals surface area contributed by atoms with Gasteiger partial charge >= 0.3 is 6.01 Å². The van der Waals surface area contributed by atoms with E-state index in [0.717, 1.165) is 5.69 Å². The summed E-state index contributed by atoms with van der Waals surface area (Å²) in [4.78, 5) is 0. The molecule has 5 nitrogen and oxygen atoms in total. The molecule has 0 saturated heterocycles. The molecule has 3 aromatic rings. The van der Waals surface area contributed by atoms with Gasteiger partial charge in [-0.25, -0.2) is 0 Å². The lowest BCUT2D eigenvalue weighted by Crippen LogP contribution is -2.00. The maximum absolute atomic E-state index is 6.05. The Morgan fingerprint density at radius 3 is 2.60 bits per heavy atom. The van der Waals surface area contributed by atoms with Crippen LogP contribution in [0.4, 0.5) is 0 Å². The minimum absolute atomic E-state index is 0.209.